The number of nitriles is 1. The maximum Gasteiger partial charge on any atom is 0.417 e. The molecule has 3 atom stereocenters. The Bertz CT molecular complexity index is 1220. The Morgan fingerprint density at radius 2 is 2.03 bits per heavy atom. The van der Waals surface area contributed by atoms with Crippen molar-refractivity contribution in [2.45, 2.75) is 37.6 Å². The van der Waals surface area contributed by atoms with Gasteiger partial charge in [0.1, 0.15) is 11.8 Å². The molecular formula is C20H14F3N5O4. The lowest BCUT2D eigenvalue weighted by Gasteiger charge is -2.34. The number of benzene rings is 1. The number of likely N-dealkylation sites (tertiary alicyclic amines) is 1. The van der Waals surface area contributed by atoms with Crippen LogP contribution in [0.3, 0.4) is 0 Å². The highest BCUT2D eigenvalue weighted by Crippen LogP contribution is 2.43. The van der Waals surface area contributed by atoms with Gasteiger partial charge in [-0.25, -0.2) is 9.69 Å². The molecule has 3 saturated heterocycles. The summed E-state index contributed by atoms with van der Waals surface area (Å²) in [6.45, 7) is 1.81. The van der Waals surface area contributed by atoms with Crippen LogP contribution in [-0.2, 0) is 11.0 Å². The molecule has 4 amide bonds. The van der Waals surface area contributed by atoms with Crippen molar-refractivity contribution in [1.82, 2.24) is 15.0 Å². The zero-order chi connectivity index (χ0) is 22.9. The molecule has 5 rings (SSSR count). The van der Waals surface area contributed by atoms with E-state index in [0.29, 0.717) is 23.1 Å². The number of anilines is 1. The van der Waals surface area contributed by atoms with Crippen LogP contribution >= 0.6 is 0 Å². The predicted octanol–water partition coefficient (Wildman–Crippen LogP) is 2.31. The number of carbonyl (C=O) groups is 3. The van der Waals surface area contributed by atoms with Crippen LogP contribution in [0.1, 0.15) is 33.8 Å². The van der Waals surface area contributed by atoms with E-state index in [2.05, 4.69) is 5.16 Å². The van der Waals surface area contributed by atoms with E-state index in [1.54, 1.807) is 6.92 Å². The van der Waals surface area contributed by atoms with Gasteiger partial charge in [0.05, 0.1) is 35.0 Å². The number of piperazine rings is 1. The molecule has 3 aliphatic rings. The Morgan fingerprint density at radius 1 is 1.28 bits per heavy atom. The molecule has 0 unspecified atom stereocenters. The average Bonchev–Trinajstić information content (AvgIpc) is 3.50. The molecular weight excluding hydrogens is 431 g/mol. The zero-order valence-corrected chi connectivity index (χ0v) is 16.5. The van der Waals surface area contributed by atoms with Crippen molar-refractivity contribution in [3.63, 3.8) is 0 Å². The highest BCUT2D eigenvalue weighted by atomic mass is 19.4. The Kier molecular flexibility index (Phi) is 4.11. The molecule has 32 heavy (non-hydrogen) atoms. The van der Waals surface area contributed by atoms with E-state index in [1.165, 1.54) is 21.9 Å². The molecule has 4 heterocycles. The summed E-state index contributed by atoms with van der Waals surface area (Å²) in [5.74, 6) is -0.710. The minimum Gasteiger partial charge on any atom is -0.361 e. The van der Waals surface area contributed by atoms with E-state index in [-0.39, 0.29) is 17.9 Å². The predicted molar refractivity (Wildman–Crippen MR) is 99.1 cm³/mol. The van der Waals surface area contributed by atoms with Gasteiger partial charge in [0.15, 0.2) is 5.69 Å². The maximum atomic E-state index is 13.4. The quantitative estimate of drug-likeness (QED) is 0.656. The number of carbonyl (C=O) groups excluding carboxylic acids is 3. The number of alkyl halides is 3. The summed E-state index contributed by atoms with van der Waals surface area (Å²) in [7, 11) is 0. The first-order valence-corrected chi connectivity index (χ1v) is 9.63. The Labute approximate surface area is 178 Å². The topological polar surface area (TPSA) is 111 Å². The van der Waals surface area contributed by atoms with Gasteiger partial charge in [0.25, 0.3) is 11.8 Å². The molecule has 3 aliphatic heterocycles. The van der Waals surface area contributed by atoms with E-state index in [1.807, 2.05) is 0 Å². The summed E-state index contributed by atoms with van der Waals surface area (Å²) < 4.78 is 45.0. The Morgan fingerprint density at radius 3 is 2.66 bits per heavy atom. The van der Waals surface area contributed by atoms with Crippen molar-refractivity contribution in [2.75, 3.05) is 11.4 Å². The molecule has 0 saturated carbocycles. The van der Waals surface area contributed by atoms with Crippen molar-refractivity contribution in [2.24, 2.45) is 0 Å². The van der Waals surface area contributed by atoms with Gasteiger partial charge in [-0.15, -0.1) is 0 Å². The summed E-state index contributed by atoms with van der Waals surface area (Å²) in [6.07, 6.45) is -4.44. The lowest BCUT2D eigenvalue weighted by Crippen LogP contribution is -2.54. The van der Waals surface area contributed by atoms with E-state index in [0.717, 1.165) is 12.1 Å². The lowest BCUT2D eigenvalue weighted by atomic mass is 10.1. The van der Waals surface area contributed by atoms with Crippen LogP contribution in [0.25, 0.3) is 0 Å². The number of rotatable bonds is 2. The van der Waals surface area contributed by atoms with Crippen molar-refractivity contribution in [1.29, 1.82) is 5.26 Å². The smallest absolute Gasteiger partial charge is 0.361 e. The molecule has 2 bridgehead atoms. The van der Waals surface area contributed by atoms with Gasteiger partial charge in [0.2, 0.25) is 0 Å². The number of urea groups is 1. The molecule has 9 nitrogen and oxygen atoms in total. The third-order valence-electron chi connectivity index (χ3n) is 6.06. The van der Waals surface area contributed by atoms with E-state index < -0.39 is 53.3 Å². The van der Waals surface area contributed by atoms with Gasteiger partial charge < -0.3 is 14.3 Å². The first kappa shape index (κ1) is 20.0. The van der Waals surface area contributed by atoms with E-state index >= 15 is 0 Å². The SMILES string of the molecule is Cc1cc(C(=O)N2C[C@@H]3C[C@H]2[C@H]2C(=O)N(c4ccc(C#N)c(C(F)(F)F)c4)C(=O)N32)no1. The fraction of sp³-hybridized carbons (Fsp3) is 0.350. The van der Waals surface area contributed by atoms with Crippen LogP contribution in [0, 0.1) is 18.3 Å². The minimum atomic E-state index is -4.83. The molecule has 164 valence electrons. The monoisotopic (exact) mass is 445 g/mol. The van der Waals surface area contributed by atoms with Crippen LogP contribution in [0.5, 0.6) is 0 Å². The fourth-order valence-corrected chi connectivity index (χ4v) is 4.75. The van der Waals surface area contributed by atoms with Crippen molar-refractivity contribution in [3.8, 4) is 6.07 Å². The summed E-state index contributed by atoms with van der Waals surface area (Å²) in [6, 6.07) is 2.82. The first-order chi connectivity index (χ1) is 15.1. The highest BCUT2D eigenvalue weighted by Gasteiger charge is 2.63. The van der Waals surface area contributed by atoms with Crippen LogP contribution in [0.2, 0.25) is 0 Å². The third kappa shape index (κ3) is 2.70. The van der Waals surface area contributed by atoms with Crippen molar-refractivity contribution < 1.29 is 32.1 Å². The maximum absolute atomic E-state index is 13.4. The zero-order valence-electron chi connectivity index (χ0n) is 16.5. The van der Waals surface area contributed by atoms with Crippen molar-refractivity contribution >= 4 is 23.5 Å². The minimum absolute atomic E-state index is 0.0807. The van der Waals surface area contributed by atoms with Gasteiger partial charge in [0, 0.05) is 12.6 Å². The number of hydrogen-bond donors (Lipinski definition) is 0. The molecule has 1 aromatic heterocycles. The fourth-order valence-electron chi connectivity index (χ4n) is 4.75. The number of imide groups is 1. The second-order valence-corrected chi connectivity index (χ2v) is 7.88. The molecule has 1 aromatic carbocycles. The van der Waals surface area contributed by atoms with Crippen LogP contribution < -0.4 is 4.90 Å². The standard InChI is InChI=1S/C20H14F3N5O4/c1-9-4-14(25-32-9)17(29)26-8-12-6-15(26)16-18(30)28(19(31)27(12)16)11-3-2-10(7-24)13(5-11)20(21,22)23/h2-5,12,15-16H,6,8H2,1H3/t12-,15-,16-/m0/s1. The highest BCUT2D eigenvalue weighted by molar-refractivity contribution is 6.22. The molecule has 12 heteroatoms. The normalized spacial score (nSPS) is 24.3. The average molecular weight is 445 g/mol. The molecule has 0 N–H and O–H groups in total. The summed E-state index contributed by atoms with van der Waals surface area (Å²) in [4.78, 5) is 42.5. The number of aromatic nitrogens is 1. The lowest BCUT2D eigenvalue weighted by molar-refractivity contribution is -0.137. The number of nitrogens with zero attached hydrogens (tertiary/aromatic N) is 5. The number of hydrogen-bond acceptors (Lipinski definition) is 6. The molecule has 3 fully saturated rings. The molecule has 2 aromatic rings. The number of fused-ring (bicyclic) bond motifs is 5. The summed E-state index contributed by atoms with van der Waals surface area (Å²) >= 11 is 0. The van der Waals surface area contributed by atoms with Crippen LogP contribution in [-0.4, -0.2) is 57.5 Å². The molecule has 0 radical (unpaired) electrons. The van der Waals surface area contributed by atoms with Crippen LogP contribution in [0.4, 0.5) is 23.7 Å². The summed E-state index contributed by atoms with van der Waals surface area (Å²) in [5, 5.41) is 12.7. The largest absolute Gasteiger partial charge is 0.417 e. The Hall–Kier alpha value is -3.88. The van der Waals surface area contributed by atoms with E-state index in [9.17, 15) is 27.6 Å². The molecule has 0 aliphatic carbocycles. The first-order valence-electron chi connectivity index (χ1n) is 9.63. The third-order valence-corrected chi connectivity index (χ3v) is 6.06. The summed E-state index contributed by atoms with van der Waals surface area (Å²) in [5.41, 5.74) is -2.03. The van der Waals surface area contributed by atoms with Gasteiger partial charge in [-0.3, -0.25) is 9.59 Å². The van der Waals surface area contributed by atoms with Gasteiger partial charge in [-0.2, -0.15) is 18.4 Å². The second-order valence-electron chi connectivity index (χ2n) is 7.88. The Balaban J connectivity index is 1.47. The van der Waals surface area contributed by atoms with Crippen molar-refractivity contribution in [3.05, 3.63) is 46.8 Å². The number of aryl methyl sites for hydroxylation is 1. The van der Waals surface area contributed by atoms with E-state index in [4.69, 9.17) is 9.78 Å². The number of amides is 4. The van der Waals surface area contributed by atoms with Gasteiger partial charge in [-0.1, -0.05) is 5.16 Å². The second kappa shape index (κ2) is 6.56. The molecule has 0 spiro atoms. The number of halogens is 3. The van der Waals surface area contributed by atoms with Crippen LogP contribution in [0.15, 0.2) is 28.8 Å². The van der Waals surface area contributed by atoms with Gasteiger partial charge >= 0.3 is 12.2 Å². The van der Waals surface area contributed by atoms with Gasteiger partial charge in [-0.05, 0) is 31.5 Å².